The van der Waals surface area contributed by atoms with Crippen molar-refractivity contribution in [3.8, 4) is 0 Å². The Morgan fingerprint density at radius 1 is 1.25 bits per heavy atom. The van der Waals surface area contributed by atoms with Gasteiger partial charge in [0.2, 0.25) is 0 Å². The number of carbonyl (C=O) groups excluding carboxylic acids is 1. The summed E-state index contributed by atoms with van der Waals surface area (Å²) >= 11 is 0. The highest BCUT2D eigenvalue weighted by Gasteiger charge is 2.16. The number of nitrogens with zero attached hydrogens (tertiary/aromatic N) is 2. The van der Waals surface area contributed by atoms with Crippen molar-refractivity contribution in [1.29, 1.82) is 0 Å². The van der Waals surface area contributed by atoms with E-state index in [0.29, 0.717) is 5.56 Å². The van der Waals surface area contributed by atoms with Crippen LogP contribution in [0.15, 0.2) is 42.7 Å². The van der Waals surface area contributed by atoms with Crippen LogP contribution in [0.2, 0.25) is 0 Å². The number of rotatable bonds is 4. The average Bonchev–Trinajstić information content (AvgIpc) is 2.47. The van der Waals surface area contributed by atoms with Crippen LogP contribution in [0.5, 0.6) is 0 Å². The van der Waals surface area contributed by atoms with Crippen molar-refractivity contribution in [2.24, 2.45) is 0 Å². The van der Waals surface area contributed by atoms with Crippen molar-refractivity contribution >= 4 is 17.3 Å². The van der Waals surface area contributed by atoms with Crippen LogP contribution in [-0.4, -0.2) is 24.5 Å². The molecule has 0 bridgehead atoms. The van der Waals surface area contributed by atoms with Gasteiger partial charge < -0.3 is 10.2 Å². The molecule has 1 aromatic heterocycles. The summed E-state index contributed by atoms with van der Waals surface area (Å²) in [5.41, 5.74) is 3.51. The van der Waals surface area contributed by atoms with Crippen LogP contribution in [0.3, 0.4) is 0 Å². The summed E-state index contributed by atoms with van der Waals surface area (Å²) in [4.78, 5) is 18.2. The molecule has 0 atom stereocenters. The first-order chi connectivity index (χ1) is 9.63. The van der Waals surface area contributed by atoms with Crippen molar-refractivity contribution in [3.63, 3.8) is 0 Å². The van der Waals surface area contributed by atoms with Crippen molar-refractivity contribution in [1.82, 2.24) is 4.98 Å². The fraction of sp³-hybridized carbons (Fsp3) is 0.250. The number of aromatic nitrogens is 1. The van der Waals surface area contributed by atoms with Gasteiger partial charge >= 0.3 is 0 Å². The van der Waals surface area contributed by atoms with E-state index >= 15 is 0 Å². The lowest BCUT2D eigenvalue weighted by atomic mass is 10.1. The molecule has 0 unspecified atom stereocenters. The van der Waals surface area contributed by atoms with Gasteiger partial charge in [0.1, 0.15) is 0 Å². The van der Waals surface area contributed by atoms with Crippen LogP contribution in [0.1, 0.15) is 22.8 Å². The van der Waals surface area contributed by atoms with E-state index in [4.69, 9.17) is 0 Å². The van der Waals surface area contributed by atoms with Gasteiger partial charge in [-0.15, -0.1) is 0 Å². The molecule has 0 aliphatic heterocycles. The van der Waals surface area contributed by atoms with E-state index in [2.05, 4.69) is 10.3 Å². The molecule has 0 aliphatic carbocycles. The Kier molecular flexibility index (Phi) is 4.35. The molecule has 0 aliphatic rings. The summed E-state index contributed by atoms with van der Waals surface area (Å²) in [6.07, 6.45) is 3.36. The summed E-state index contributed by atoms with van der Waals surface area (Å²) in [6.45, 7) is 4.81. The number of hydrogen-bond acceptors (Lipinski definition) is 3. The van der Waals surface area contributed by atoms with E-state index in [1.165, 1.54) is 0 Å². The van der Waals surface area contributed by atoms with Gasteiger partial charge in [-0.3, -0.25) is 9.78 Å². The van der Waals surface area contributed by atoms with Crippen LogP contribution in [-0.2, 0) is 0 Å². The normalized spacial score (nSPS) is 10.2. The zero-order valence-corrected chi connectivity index (χ0v) is 12.1. The van der Waals surface area contributed by atoms with Gasteiger partial charge in [-0.2, -0.15) is 0 Å². The molecule has 4 heteroatoms. The maximum Gasteiger partial charge on any atom is 0.260 e. The maximum atomic E-state index is 12.6. The van der Waals surface area contributed by atoms with E-state index < -0.39 is 0 Å². The number of pyridine rings is 1. The second-order valence-electron chi connectivity index (χ2n) is 4.65. The number of benzene rings is 1. The topological polar surface area (TPSA) is 45.2 Å². The second-order valence-corrected chi connectivity index (χ2v) is 4.65. The van der Waals surface area contributed by atoms with Gasteiger partial charge in [0, 0.05) is 37.4 Å². The molecule has 1 aromatic carbocycles. The first-order valence-corrected chi connectivity index (χ1v) is 6.66. The molecule has 0 fully saturated rings. The fourth-order valence-corrected chi connectivity index (χ4v) is 2.05. The molecule has 1 amide bonds. The molecule has 0 spiro atoms. The van der Waals surface area contributed by atoms with Crippen molar-refractivity contribution in [2.75, 3.05) is 23.8 Å². The van der Waals surface area contributed by atoms with Crippen LogP contribution in [0.4, 0.5) is 11.4 Å². The first-order valence-electron chi connectivity index (χ1n) is 6.66. The number of nitrogens with one attached hydrogen (secondary N) is 1. The number of aryl methyl sites for hydroxylation is 1. The van der Waals surface area contributed by atoms with E-state index in [-0.39, 0.29) is 5.91 Å². The van der Waals surface area contributed by atoms with E-state index in [1.54, 1.807) is 24.3 Å². The van der Waals surface area contributed by atoms with Crippen LogP contribution in [0, 0.1) is 6.92 Å². The molecule has 0 saturated carbocycles. The van der Waals surface area contributed by atoms with E-state index in [0.717, 1.165) is 23.5 Å². The monoisotopic (exact) mass is 269 g/mol. The smallest absolute Gasteiger partial charge is 0.260 e. The molecular weight excluding hydrogens is 250 g/mol. The Hall–Kier alpha value is -2.36. The van der Waals surface area contributed by atoms with Gasteiger partial charge in [0.25, 0.3) is 5.91 Å². The number of amides is 1. The summed E-state index contributed by atoms with van der Waals surface area (Å²) in [6, 6.07) is 9.46. The van der Waals surface area contributed by atoms with Crippen molar-refractivity contribution < 1.29 is 4.79 Å². The third-order valence-corrected chi connectivity index (χ3v) is 3.13. The second kappa shape index (κ2) is 6.19. The lowest BCUT2D eigenvalue weighted by Gasteiger charge is -2.19. The molecule has 0 radical (unpaired) electrons. The number of anilines is 2. The summed E-state index contributed by atoms with van der Waals surface area (Å²) in [7, 11) is 1.77. The van der Waals surface area contributed by atoms with Gasteiger partial charge in [-0.05, 0) is 43.7 Å². The Labute approximate surface area is 119 Å². The minimum absolute atomic E-state index is 0.0350. The Morgan fingerprint density at radius 3 is 2.60 bits per heavy atom. The Bertz CT molecular complexity index is 596. The first kappa shape index (κ1) is 14.1. The summed E-state index contributed by atoms with van der Waals surface area (Å²) in [5, 5.41) is 3.24. The fourth-order valence-electron chi connectivity index (χ4n) is 2.05. The van der Waals surface area contributed by atoms with E-state index in [9.17, 15) is 4.79 Å². The lowest BCUT2D eigenvalue weighted by molar-refractivity contribution is 0.0994. The lowest BCUT2D eigenvalue weighted by Crippen LogP contribution is -2.27. The molecule has 1 N–H and O–H groups in total. The Balaban J connectivity index is 2.33. The highest BCUT2D eigenvalue weighted by Crippen LogP contribution is 2.21. The van der Waals surface area contributed by atoms with Crippen LogP contribution in [0.25, 0.3) is 0 Å². The standard InChI is InChI=1S/C16H19N3O/c1-4-18-15-11-12(2)5-6-14(15)16(20)19(3)13-7-9-17-10-8-13/h5-11,18H,4H2,1-3H3. The predicted molar refractivity (Wildman–Crippen MR) is 82.3 cm³/mol. The van der Waals surface area contributed by atoms with Gasteiger partial charge in [-0.25, -0.2) is 0 Å². The summed E-state index contributed by atoms with van der Waals surface area (Å²) in [5.74, 6) is -0.0350. The highest BCUT2D eigenvalue weighted by molar-refractivity contribution is 6.09. The molecule has 2 rings (SSSR count). The van der Waals surface area contributed by atoms with Gasteiger partial charge in [-0.1, -0.05) is 6.07 Å². The largest absolute Gasteiger partial charge is 0.385 e. The minimum Gasteiger partial charge on any atom is -0.385 e. The van der Waals surface area contributed by atoms with Crippen LogP contribution < -0.4 is 10.2 Å². The van der Waals surface area contributed by atoms with Crippen molar-refractivity contribution in [3.05, 3.63) is 53.9 Å². The van der Waals surface area contributed by atoms with Crippen LogP contribution >= 0.6 is 0 Å². The quantitative estimate of drug-likeness (QED) is 0.927. The molecular formula is C16H19N3O. The third-order valence-electron chi connectivity index (χ3n) is 3.13. The predicted octanol–water partition coefficient (Wildman–Crippen LogP) is 3.10. The van der Waals surface area contributed by atoms with E-state index in [1.807, 2.05) is 44.2 Å². The van der Waals surface area contributed by atoms with Gasteiger partial charge in [0.15, 0.2) is 0 Å². The summed E-state index contributed by atoms with van der Waals surface area (Å²) < 4.78 is 0. The molecule has 104 valence electrons. The average molecular weight is 269 g/mol. The molecule has 0 saturated heterocycles. The molecule has 2 aromatic rings. The van der Waals surface area contributed by atoms with Crippen molar-refractivity contribution in [2.45, 2.75) is 13.8 Å². The highest BCUT2D eigenvalue weighted by atomic mass is 16.2. The minimum atomic E-state index is -0.0350. The molecule has 20 heavy (non-hydrogen) atoms. The number of carbonyl (C=O) groups is 1. The number of hydrogen-bond donors (Lipinski definition) is 1. The Morgan fingerprint density at radius 2 is 1.95 bits per heavy atom. The zero-order valence-electron chi connectivity index (χ0n) is 12.1. The maximum absolute atomic E-state index is 12.6. The molecule has 4 nitrogen and oxygen atoms in total. The molecule has 1 heterocycles. The third kappa shape index (κ3) is 2.96. The SMILES string of the molecule is CCNc1cc(C)ccc1C(=O)N(C)c1ccncc1. The van der Waals surface area contributed by atoms with Gasteiger partial charge in [0.05, 0.1) is 5.56 Å². The zero-order chi connectivity index (χ0) is 14.5.